The average Bonchev–Trinajstić information content (AvgIpc) is 2.42. The minimum Gasteiger partial charge on any atom is -0.387 e. The van der Waals surface area contributed by atoms with Crippen LogP contribution in [-0.4, -0.2) is 33.8 Å². The van der Waals surface area contributed by atoms with Crippen molar-refractivity contribution in [2.75, 3.05) is 17.5 Å². The lowest BCUT2D eigenvalue weighted by Crippen LogP contribution is -2.27. The van der Waals surface area contributed by atoms with Crippen LogP contribution >= 0.6 is 0 Å². The van der Waals surface area contributed by atoms with Gasteiger partial charge in [-0.05, 0) is 17.7 Å². The predicted octanol–water partition coefficient (Wildman–Crippen LogP) is 1.09. The molecule has 0 aliphatic carbocycles. The predicted molar refractivity (Wildman–Crippen MR) is 73.0 cm³/mol. The highest BCUT2D eigenvalue weighted by Gasteiger charge is 2.08. The highest BCUT2D eigenvalue weighted by molar-refractivity contribution is 7.92. The molecule has 0 spiro atoms. The number of sulfonamides is 1. The first-order valence-corrected chi connectivity index (χ1v) is 7.48. The lowest BCUT2D eigenvalue weighted by molar-refractivity contribution is 0.171. The maximum absolute atomic E-state index is 11.3. The molecule has 0 radical (unpaired) electrons. The topological polar surface area (TPSA) is 78.4 Å². The van der Waals surface area contributed by atoms with Crippen LogP contribution < -0.4 is 10.0 Å². The molecular formula is C12H20N2O3S. The van der Waals surface area contributed by atoms with Crippen molar-refractivity contribution < 1.29 is 16.4 Å². The molecule has 0 amide bonds. The van der Waals surface area contributed by atoms with Crippen molar-refractivity contribution in [3.8, 4) is 0 Å². The number of hydrogen-bond acceptors (Lipinski definition) is 4. The second-order valence-corrected chi connectivity index (χ2v) is 6.01. The quantitative estimate of drug-likeness (QED) is 0.696. The third kappa shape index (κ3) is 5.48. The number of anilines is 1. The molecule has 0 saturated heterocycles. The van der Waals surface area contributed by atoms with Crippen LogP contribution in [0.1, 0.15) is 25.5 Å². The van der Waals surface area contributed by atoms with Crippen molar-refractivity contribution in [2.24, 2.45) is 0 Å². The van der Waals surface area contributed by atoms with Crippen molar-refractivity contribution in [3.05, 3.63) is 29.8 Å². The largest absolute Gasteiger partial charge is 0.387 e. The van der Waals surface area contributed by atoms with Crippen molar-refractivity contribution >= 4 is 15.7 Å². The van der Waals surface area contributed by atoms with E-state index >= 15 is 0 Å². The van der Waals surface area contributed by atoms with Crippen LogP contribution in [0.2, 0.25) is 2.82 Å². The molecule has 5 nitrogen and oxygen atoms in total. The molecule has 0 aliphatic heterocycles. The molecule has 0 fully saturated rings. The molecule has 1 aromatic carbocycles. The van der Waals surface area contributed by atoms with Crippen LogP contribution in [0.15, 0.2) is 24.3 Å². The molecule has 1 unspecified atom stereocenters. The van der Waals surface area contributed by atoms with Gasteiger partial charge in [-0.25, -0.2) is 8.42 Å². The Hall–Kier alpha value is -1.11. The summed E-state index contributed by atoms with van der Waals surface area (Å²) in [6, 6.07) is 6.12. The molecule has 1 rings (SSSR count). The number of rotatable bonds is 7. The first-order valence-electron chi connectivity index (χ1n) is 6.93. The third-order valence-electron chi connectivity index (χ3n) is 2.17. The van der Waals surface area contributed by atoms with Crippen molar-refractivity contribution in [3.63, 3.8) is 0 Å². The monoisotopic (exact) mass is 275 g/mol. The van der Waals surface area contributed by atoms with Crippen LogP contribution in [-0.2, 0) is 10.0 Å². The normalized spacial score (nSPS) is 16.2. The zero-order valence-electron chi connectivity index (χ0n) is 13.7. The zero-order valence-corrected chi connectivity index (χ0v) is 11.5. The van der Waals surface area contributed by atoms with E-state index in [0.29, 0.717) is 10.3 Å². The Kier molecular flexibility index (Phi) is 3.70. The van der Waals surface area contributed by atoms with Gasteiger partial charge in [0, 0.05) is 18.3 Å². The Labute approximate surface area is 113 Å². The highest BCUT2D eigenvalue weighted by atomic mass is 32.2. The summed E-state index contributed by atoms with van der Waals surface area (Å²) < 4.78 is 45.4. The minimum absolute atomic E-state index is 0.00380. The van der Waals surface area contributed by atoms with Crippen molar-refractivity contribution in [1.82, 2.24) is 5.31 Å². The van der Waals surface area contributed by atoms with E-state index in [0.717, 1.165) is 6.26 Å². The molecule has 0 saturated carbocycles. The van der Waals surface area contributed by atoms with Crippen LogP contribution in [0.3, 0.4) is 0 Å². The van der Waals surface area contributed by atoms with Gasteiger partial charge in [0.2, 0.25) is 11.5 Å². The van der Waals surface area contributed by atoms with Gasteiger partial charge in [-0.3, -0.25) is 4.72 Å². The van der Waals surface area contributed by atoms with Gasteiger partial charge in [0.15, 0.2) is 1.41 Å². The van der Waals surface area contributed by atoms with E-state index in [1.165, 1.54) is 17.4 Å². The molecule has 102 valence electrons. The van der Waals surface area contributed by atoms with Gasteiger partial charge in [-0.1, -0.05) is 26.0 Å². The summed E-state index contributed by atoms with van der Waals surface area (Å²) in [5.74, 6) is 0. The van der Waals surface area contributed by atoms with E-state index < -0.39 is 16.1 Å². The number of hydrogen-bond donors (Lipinski definition) is 3. The number of aliphatic hydroxyl groups excluding tert-OH is 1. The van der Waals surface area contributed by atoms with E-state index in [1.54, 1.807) is 12.1 Å². The number of aliphatic hydroxyl groups is 1. The fourth-order valence-electron chi connectivity index (χ4n) is 1.35. The van der Waals surface area contributed by atoms with Gasteiger partial charge in [-0.2, -0.15) is 0 Å². The average molecular weight is 275 g/mol. The van der Waals surface area contributed by atoms with Crippen LogP contribution in [0.5, 0.6) is 0 Å². The molecule has 1 atom stereocenters. The summed E-state index contributed by atoms with van der Waals surface area (Å²) in [7, 11) is -3.63. The van der Waals surface area contributed by atoms with Gasteiger partial charge >= 0.3 is 0 Å². The first kappa shape index (κ1) is 10.8. The molecule has 0 aliphatic rings. The van der Waals surface area contributed by atoms with Gasteiger partial charge in [0.1, 0.15) is 1.41 Å². The molecule has 18 heavy (non-hydrogen) atoms. The Morgan fingerprint density at radius 2 is 2.00 bits per heavy atom. The van der Waals surface area contributed by atoms with E-state index in [4.69, 9.17) is 4.25 Å². The van der Waals surface area contributed by atoms with E-state index in [1.807, 2.05) is 13.8 Å². The summed E-state index contributed by atoms with van der Waals surface area (Å²) in [6.45, 7) is 3.94. The summed E-state index contributed by atoms with van der Waals surface area (Å²) in [5, 5.41) is 5.94. The fraction of sp³-hybridized carbons (Fsp3) is 0.500. The van der Waals surface area contributed by atoms with Crippen LogP contribution in [0.25, 0.3) is 0 Å². The van der Waals surface area contributed by atoms with Crippen molar-refractivity contribution in [2.45, 2.75) is 26.0 Å². The Morgan fingerprint density at radius 3 is 2.44 bits per heavy atom. The number of nitrogens with one attached hydrogen (secondary N) is 2. The molecule has 0 bridgehead atoms. The molecule has 1 aromatic rings. The first-order chi connectivity index (χ1) is 9.66. The maximum Gasteiger partial charge on any atom is 0.229 e. The number of benzene rings is 1. The SMILES string of the molecule is [2H]OC(CN([2H])C(C)C)c1ccc(N([2H])S(C)(=O)=O)cc1. The van der Waals surface area contributed by atoms with Gasteiger partial charge in [-0.15, -0.1) is 0 Å². The molecule has 0 heterocycles. The summed E-state index contributed by atoms with van der Waals surface area (Å²) in [5.41, 5.74) is 0.852. The maximum atomic E-state index is 11.3. The molecule has 6 heteroatoms. The molecule has 0 aromatic heterocycles. The van der Waals surface area contributed by atoms with Gasteiger partial charge < -0.3 is 10.4 Å². The van der Waals surface area contributed by atoms with E-state index in [2.05, 4.69) is 5.11 Å². The van der Waals surface area contributed by atoms with E-state index in [9.17, 15) is 8.42 Å². The standard InChI is InChI=1S/C12H20N2O3S/c1-9(2)13-8-12(15)10-4-6-11(7-5-10)14-18(3,16)17/h4-7,9,12-15H,8H2,1-3H3/i15D/hD2. The second kappa shape index (κ2) is 6.17. The summed E-state index contributed by atoms with van der Waals surface area (Å²) >= 11 is 0. The lowest BCUT2D eigenvalue weighted by Gasteiger charge is -2.14. The van der Waals surface area contributed by atoms with E-state index in [-0.39, 0.29) is 18.3 Å². The molecular weight excluding hydrogens is 252 g/mol. The summed E-state index contributed by atoms with van der Waals surface area (Å²) in [6.07, 6.45) is 0.334. The zero-order chi connectivity index (χ0) is 16.2. The Balaban J connectivity index is 2.89. The Bertz CT molecular complexity index is 551. The van der Waals surface area contributed by atoms with Crippen LogP contribution in [0.4, 0.5) is 5.69 Å². The summed E-state index contributed by atoms with van der Waals surface area (Å²) in [4.78, 5) is 0. The highest BCUT2D eigenvalue weighted by Crippen LogP contribution is 2.16. The van der Waals surface area contributed by atoms with Crippen molar-refractivity contribution in [1.29, 1.82) is 1.43 Å². The lowest BCUT2D eigenvalue weighted by atomic mass is 10.1. The van der Waals surface area contributed by atoms with Crippen LogP contribution in [0, 0.1) is 0 Å². The Morgan fingerprint density at radius 1 is 1.39 bits per heavy atom. The minimum atomic E-state index is -3.63. The molecule has 3 N–H and O–H groups in total. The smallest absolute Gasteiger partial charge is 0.229 e. The fourth-order valence-corrected chi connectivity index (χ4v) is 1.86. The van der Waals surface area contributed by atoms with Gasteiger partial charge in [0.25, 0.3) is 0 Å². The van der Waals surface area contributed by atoms with Gasteiger partial charge in [0.05, 0.1) is 12.4 Å². The third-order valence-corrected chi connectivity index (χ3v) is 2.71. The second-order valence-electron chi connectivity index (χ2n) is 4.36.